The molecule has 2 atom stereocenters. The number of rotatable bonds is 8. The van der Waals surface area contributed by atoms with E-state index in [1.165, 1.54) is 11.3 Å². The van der Waals surface area contributed by atoms with Crippen molar-refractivity contribution in [2.75, 3.05) is 38.7 Å². The van der Waals surface area contributed by atoms with Gasteiger partial charge in [0, 0.05) is 30.2 Å². The molecule has 38 heavy (non-hydrogen) atoms. The third kappa shape index (κ3) is 5.15. The number of hydrogen-bond donors (Lipinski definition) is 2. The quantitative estimate of drug-likeness (QED) is 0.307. The van der Waals surface area contributed by atoms with Crippen molar-refractivity contribution in [2.24, 2.45) is 0 Å². The van der Waals surface area contributed by atoms with Gasteiger partial charge >= 0.3 is 0 Å². The van der Waals surface area contributed by atoms with Crippen LogP contribution in [0.1, 0.15) is 18.1 Å². The largest absolute Gasteiger partial charge is 0.373 e. The number of nitrogens with zero attached hydrogens (tertiary/aromatic N) is 4. The van der Waals surface area contributed by atoms with Gasteiger partial charge in [0.2, 0.25) is 0 Å². The maximum Gasteiger partial charge on any atom is 0.159 e. The van der Waals surface area contributed by atoms with Crippen LogP contribution >= 0.6 is 0 Å². The number of hydrogen-bond acceptors (Lipinski definition) is 6. The lowest BCUT2D eigenvalue weighted by molar-refractivity contribution is 0.00880. The van der Waals surface area contributed by atoms with Gasteiger partial charge in [-0.05, 0) is 62.5 Å². The highest BCUT2D eigenvalue weighted by Crippen LogP contribution is 2.30. The second-order valence-electron chi connectivity index (χ2n) is 10.4. The fraction of sp³-hybridized carbons (Fsp3) is 0.333. The van der Waals surface area contributed by atoms with Gasteiger partial charge in [-0.15, -0.1) is 0 Å². The Hall–Kier alpha value is -3.72. The van der Waals surface area contributed by atoms with Crippen LogP contribution in [0.15, 0.2) is 66.7 Å². The number of fused-ring (bicyclic) bond motifs is 2. The van der Waals surface area contributed by atoms with Gasteiger partial charge in [-0.1, -0.05) is 36.4 Å². The van der Waals surface area contributed by atoms with E-state index in [1.807, 2.05) is 18.2 Å². The molecule has 2 aromatic heterocycles. The van der Waals surface area contributed by atoms with E-state index in [2.05, 4.69) is 94.5 Å². The summed E-state index contributed by atoms with van der Waals surface area (Å²) in [6.45, 7) is 5.83. The van der Waals surface area contributed by atoms with E-state index in [9.17, 15) is 0 Å². The minimum atomic E-state index is 0.190. The molecule has 0 aliphatic carbocycles. The third-order valence-corrected chi connectivity index (χ3v) is 7.10. The zero-order valence-electron chi connectivity index (χ0n) is 22.1. The molecule has 1 aliphatic heterocycles. The first-order valence-electron chi connectivity index (χ1n) is 13.2. The van der Waals surface area contributed by atoms with Crippen molar-refractivity contribution in [1.29, 1.82) is 0 Å². The second kappa shape index (κ2) is 10.6. The smallest absolute Gasteiger partial charge is 0.159 e. The number of nitrogens with one attached hydrogen (secondary N) is 2. The van der Waals surface area contributed by atoms with Gasteiger partial charge in [0.15, 0.2) is 5.82 Å². The average molecular weight is 511 g/mol. The Balaban J connectivity index is 1.23. The van der Waals surface area contributed by atoms with Crippen molar-refractivity contribution in [3.8, 4) is 11.5 Å². The molecule has 1 fully saturated rings. The predicted octanol–water partition coefficient (Wildman–Crippen LogP) is 4.98. The third-order valence-electron chi connectivity index (χ3n) is 7.10. The summed E-state index contributed by atoms with van der Waals surface area (Å²) in [5, 5.41) is 8.78. The summed E-state index contributed by atoms with van der Waals surface area (Å²) in [5.41, 5.74) is 7.15. The number of benzene rings is 3. The minimum absolute atomic E-state index is 0.190. The molecule has 0 bridgehead atoms. The maximum atomic E-state index is 6.07. The van der Waals surface area contributed by atoms with Crippen LogP contribution in [0.5, 0.6) is 0 Å². The zero-order chi connectivity index (χ0) is 26.1. The molecule has 0 radical (unpaired) electrons. The molecule has 6 rings (SSSR count). The van der Waals surface area contributed by atoms with Gasteiger partial charge < -0.3 is 24.3 Å². The van der Waals surface area contributed by atoms with Crippen molar-refractivity contribution in [2.45, 2.75) is 32.3 Å². The monoisotopic (exact) mass is 510 g/mol. The molecule has 0 amide bonds. The summed E-state index contributed by atoms with van der Waals surface area (Å²) < 4.78 is 12.0. The second-order valence-corrected chi connectivity index (χ2v) is 10.4. The fourth-order valence-electron chi connectivity index (χ4n) is 5.18. The van der Waals surface area contributed by atoms with E-state index in [0.717, 1.165) is 58.7 Å². The SMILES string of the molecule is CC1COC(CN(C)C)CN1c1ccc2nc(-c3n[nH]c4ccc(COCc5ccccc5)cc34)[nH]c2c1. The van der Waals surface area contributed by atoms with Gasteiger partial charge in [-0.2, -0.15) is 5.10 Å². The lowest BCUT2D eigenvalue weighted by atomic mass is 10.1. The fourth-order valence-corrected chi connectivity index (χ4v) is 5.18. The molecule has 5 aromatic rings. The average Bonchev–Trinajstić information content (AvgIpc) is 3.53. The molecule has 8 heteroatoms. The Bertz CT molecular complexity index is 1530. The summed E-state index contributed by atoms with van der Waals surface area (Å²) in [6, 6.07) is 23.2. The molecule has 0 spiro atoms. The summed E-state index contributed by atoms with van der Waals surface area (Å²) in [6.07, 6.45) is 0.190. The molecule has 2 N–H and O–H groups in total. The molecular weight excluding hydrogens is 476 g/mol. The number of imidazole rings is 1. The number of aromatic amines is 2. The molecule has 2 unspecified atom stereocenters. The van der Waals surface area contributed by atoms with Gasteiger partial charge in [-0.3, -0.25) is 5.10 Å². The van der Waals surface area contributed by atoms with Crippen molar-refractivity contribution >= 4 is 27.6 Å². The summed E-state index contributed by atoms with van der Waals surface area (Å²) >= 11 is 0. The molecule has 1 aliphatic rings. The van der Waals surface area contributed by atoms with Gasteiger partial charge in [-0.25, -0.2) is 4.98 Å². The normalized spacial score (nSPS) is 18.2. The van der Waals surface area contributed by atoms with Crippen molar-refractivity contribution in [3.63, 3.8) is 0 Å². The van der Waals surface area contributed by atoms with Crippen LogP contribution < -0.4 is 4.90 Å². The minimum Gasteiger partial charge on any atom is -0.373 e. The van der Waals surface area contributed by atoms with Crippen LogP contribution in [-0.2, 0) is 22.7 Å². The topological polar surface area (TPSA) is 82.3 Å². The van der Waals surface area contributed by atoms with E-state index in [1.54, 1.807) is 0 Å². The molecule has 3 heterocycles. The molecular formula is C30H34N6O2. The van der Waals surface area contributed by atoms with Crippen molar-refractivity contribution in [3.05, 3.63) is 77.9 Å². The molecule has 0 saturated carbocycles. The Morgan fingerprint density at radius 3 is 2.68 bits per heavy atom. The zero-order valence-corrected chi connectivity index (χ0v) is 22.1. The van der Waals surface area contributed by atoms with E-state index >= 15 is 0 Å². The summed E-state index contributed by atoms with van der Waals surface area (Å²) in [7, 11) is 4.17. The number of ether oxygens (including phenoxy) is 2. The van der Waals surface area contributed by atoms with E-state index in [4.69, 9.17) is 14.5 Å². The lowest BCUT2D eigenvalue weighted by Gasteiger charge is -2.40. The van der Waals surface area contributed by atoms with Crippen LogP contribution in [0.4, 0.5) is 5.69 Å². The standard InChI is InChI=1S/C30H34N6O2/c1-20-17-38-24(15-35(2)3)16-36(20)23-10-12-27-28(14-23)32-30(31-27)29-25-13-22(9-11-26(25)33-34-29)19-37-18-21-7-5-4-6-8-21/h4-14,20,24H,15-19H2,1-3H3,(H,31,32)(H,33,34). The van der Waals surface area contributed by atoms with Crippen LogP contribution in [0.3, 0.4) is 0 Å². The Morgan fingerprint density at radius 2 is 1.84 bits per heavy atom. The van der Waals surface area contributed by atoms with Crippen molar-refractivity contribution < 1.29 is 9.47 Å². The van der Waals surface area contributed by atoms with Crippen molar-refractivity contribution in [1.82, 2.24) is 25.1 Å². The van der Waals surface area contributed by atoms with Crippen LogP contribution in [0.25, 0.3) is 33.5 Å². The van der Waals surface area contributed by atoms with E-state index in [-0.39, 0.29) is 6.10 Å². The lowest BCUT2D eigenvalue weighted by Crippen LogP contribution is -2.51. The summed E-state index contributed by atoms with van der Waals surface area (Å²) in [4.78, 5) is 13.0. The van der Waals surface area contributed by atoms with E-state index in [0.29, 0.717) is 19.3 Å². The number of H-pyrrole nitrogens is 2. The Kier molecular flexibility index (Phi) is 6.84. The molecule has 1 saturated heterocycles. The maximum absolute atomic E-state index is 6.07. The van der Waals surface area contributed by atoms with Gasteiger partial charge in [0.05, 0.1) is 42.5 Å². The van der Waals surface area contributed by atoms with Crippen LogP contribution in [0, 0.1) is 0 Å². The number of morpholine rings is 1. The molecule has 196 valence electrons. The first-order valence-corrected chi connectivity index (χ1v) is 13.2. The highest BCUT2D eigenvalue weighted by atomic mass is 16.5. The van der Waals surface area contributed by atoms with Gasteiger partial charge in [0.25, 0.3) is 0 Å². The van der Waals surface area contributed by atoms with Crippen LogP contribution in [0.2, 0.25) is 0 Å². The number of anilines is 1. The van der Waals surface area contributed by atoms with Crippen LogP contribution in [-0.4, -0.2) is 71.0 Å². The Morgan fingerprint density at radius 1 is 1.00 bits per heavy atom. The highest BCUT2D eigenvalue weighted by molar-refractivity contribution is 5.93. The number of aromatic nitrogens is 4. The number of likely N-dealkylation sites (N-methyl/N-ethyl adjacent to an activating group) is 1. The first kappa shape index (κ1) is 24.6. The highest BCUT2D eigenvalue weighted by Gasteiger charge is 2.27. The Labute approximate surface area is 222 Å². The summed E-state index contributed by atoms with van der Waals surface area (Å²) in [5.74, 6) is 0.756. The van der Waals surface area contributed by atoms with E-state index < -0.39 is 0 Å². The predicted molar refractivity (Wildman–Crippen MR) is 151 cm³/mol. The van der Waals surface area contributed by atoms with Gasteiger partial charge in [0.1, 0.15) is 5.69 Å². The first-order chi connectivity index (χ1) is 18.5. The molecule has 8 nitrogen and oxygen atoms in total. The molecule has 3 aromatic carbocycles.